The van der Waals surface area contributed by atoms with Crippen LogP contribution in [0, 0.1) is 0 Å². The molecule has 1 aromatic rings. The lowest BCUT2D eigenvalue weighted by Gasteiger charge is -2.10. The predicted molar refractivity (Wildman–Crippen MR) is 63.6 cm³/mol. The minimum atomic E-state index is -0.216. The van der Waals surface area contributed by atoms with Crippen molar-refractivity contribution >= 4 is 21.7 Å². The van der Waals surface area contributed by atoms with Gasteiger partial charge in [0, 0.05) is 12.2 Å². The van der Waals surface area contributed by atoms with E-state index < -0.39 is 0 Å². The van der Waals surface area contributed by atoms with Gasteiger partial charge in [-0.3, -0.25) is 4.79 Å². The molecule has 1 rings (SSSR count). The maximum atomic E-state index is 11.5. The van der Waals surface area contributed by atoms with E-state index in [1.54, 1.807) is 0 Å². The first kappa shape index (κ1) is 13.0. The summed E-state index contributed by atoms with van der Waals surface area (Å²) in [5.74, 6) is 0.191. The molecule has 0 saturated heterocycles. The van der Waals surface area contributed by atoms with Crippen molar-refractivity contribution < 1.29 is 19.7 Å². The Morgan fingerprint density at radius 1 is 1.50 bits per heavy atom. The van der Waals surface area contributed by atoms with Crippen LogP contribution in [-0.2, 0) is 6.42 Å². The number of carbonyl (C=O) groups is 1. The Bertz CT molecular complexity index is 390. The first-order valence-corrected chi connectivity index (χ1v) is 5.86. The molecule has 4 nitrogen and oxygen atoms in total. The highest BCUT2D eigenvalue weighted by molar-refractivity contribution is 9.09. The SMILES string of the molecule is COc1cc(C(=O)CBr)c(O)cc1CCO. The Labute approximate surface area is 102 Å². The lowest BCUT2D eigenvalue weighted by atomic mass is 10.0. The third-order valence-electron chi connectivity index (χ3n) is 2.20. The zero-order chi connectivity index (χ0) is 12.1. The zero-order valence-electron chi connectivity index (χ0n) is 8.86. The molecule has 0 aliphatic rings. The topological polar surface area (TPSA) is 66.8 Å². The molecule has 88 valence electrons. The Balaban J connectivity index is 3.20. The van der Waals surface area contributed by atoms with Gasteiger partial charge in [0.15, 0.2) is 5.78 Å². The number of ketones is 1. The van der Waals surface area contributed by atoms with Gasteiger partial charge in [0.1, 0.15) is 11.5 Å². The van der Waals surface area contributed by atoms with E-state index in [1.165, 1.54) is 19.2 Å². The molecule has 0 radical (unpaired) electrons. The number of aromatic hydroxyl groups is 1. The van der Waals surface area contributed by atoms with Gasteiger partial charge < -0.3 is 14.9 Å². The number of ether oxygens (including phenoxy) is 1. The molecule has 0 spiro atoms. The minimum absolute atomic E-state index is 0.0401. The lowest BCUT2D eigenvalue weighted by Crippen LogP contribution is -2.03. The summed E-state index contributed by atoms with van der Waals surface area (Å²) in [6.07, 6.45) is 0.375. The Morgan fingerprint density at radius 3 is 2.69 bits per heavy atom. The second kappa shape index (κ2) is 5.86. The number of carbonyl (C=O) groups excluding carboxylic acids is 1. The van der Waals surface area contributed by atoms with Crippen LogP contribution in [0.5, 0.6) is 11.5 Å². The molecule has 0 bridgehead atoms. The van der Waals surface area contributed by atoms with Crippen molar-refractivity contribution in [3.63, 3.8) is 0 Å². The highest BCUT2D eigenvalue weighted by Gasteiger charge is 2.14. The number of halogens is 1. The van der Waals surface area contributed by atoms with Gasteiger partial charge in [0.2, 0.25) is 0 Å². The van der Waals surface area contributed by atoms with Gasteiger partial charge in [-0.05, 0) is 18.6 Å². The molecule has 5 heteroatoms. The van der Waals surface area contributed by atoms with E-state index in [2.05, 4.69) is 15.9 Å². The lowest BCUT2D eigenvalue weighted by molar-refractivity contribution is 0.102. The fourth-order valence-electron chi connectivity index (χ4n) is 1.41. The van der Waals surface area contributed by atoms with Crippen LogP contribution in [-0.4, -0.2) is 35.0 Å². The highest BCUT2D eigenvalue weighted by atomic mass is 79.9. The maximum Gasteiger partial charge on any atom is 0.177 e. The number of methoxy groups -OCH3 is 1. The van der Waals surface area contributed by atoms with E-state index in [0.717, 1.165) is 0 Å². The molecule has 0 heterocycles. The number of rotatable bonds is 5. The predicted octanol–water partition coefficient (Wildman–Crippen LogP) is 1.51. The van der Waals surface area contributed by atoms with Crippen molar-refractivity contribution in [3.8, 4) is 11.5 Å². The standard InChI is InChI=1S/C11H13BrO4/c1-16-11-5-8(10(15)6-12)9(14)4-7(11)2-3-13/h4-5,13-14H,2-3,6H2,1H3. The number of benzene rings is 1. The molecule has 0 unspecified atom stereocenters. The first-order valence-electron chi connectivity index (χ1n) is 4.74. The number of aliphatic hydroxyl groups is 1. The van der Waals surface area contributed by atoms with Crippen molar-refractivity contribution in [1.29, 1.82) is 0 Å². The van der Waals surface area contributed by atoms with Gasteiger partial charge in [-0.1, -0.05) is 15.9 Å². The van der Waals surface area contributed by atoms with Crippen LogP contribution in [0.1, 0.15) is 15.9 Å². The number of alkyl halides is 1. The van der Waals surface area contributed by atoms with Gasteiger partial charge in [0.25, 0.3) is 0 Å². The second-order valence-electron chi connectivity index (χ2n) is 3.21. The van der Waals surface area contributed by atoms with Crippen LogP contribution in [0.25, 0.3) is 0 Å². The van der Waals surface area contributed by atoms with Crippen molar-refractivity contribution in [2.24, 2.45) is 0 Å². The van der Waals surface area contributed by atoms with E-state index >= 15 is 0 Å². The number of phenolic OH excluding ortho intramolecular Hbond substituents is 1. The fraction of sp³-hybridized carbons (Fsp3) is 0.364. The van der Waals surface area contributed by atoms with Crippen molar-refractivity contribution in [2.75, 3.05) is 19.0 Å². The van der Waals surface area contributed by atoms with E-state index in [4.69, 9.17) is 9.84 Å². The summed E-state index contributed by atoms with van der Waals surface area (Å²) in [7, 11) is 1.48. The minimum Gasteiger partial charge on any atom is -0.507 e. The molecule has 2 N–H and O–H groups in total. The van der Waals surface area contributed by atoms with E-state index in [-0.39, 0.29) is 29.0 Å². The number of Topliss-reactive ketones (excluding diaryl/α,β-unsaturated/α-hetero) is 1. The zero-order valence-corrected chi connectivity index (χ0v) is 10.5. The molecule has 0 atom stereocenters. The summed E-state index contributed by atoms with van der Waals surface area (Å²) in [6, 6.07) is 2.94. The average Bonchev–Trinajstić information content (AvgIpc) is 2.29. The molecule has 0 aromatic heterocycles. The normalized spacial score (nSPS) is 10.2. The van der Waals surface area contributed by atoms with Gasteiger partial charge in [-0.2, -0.15) is 0 Å². The Hall–Kier alpha value is -1.07. The summed E-state index contributed by atoms with van der Waals surface area (Å²) >= 11 is 3.04. The van der Waals surface area contributed by atoms with Gasteiger partial charge in [-0.15, -0.1) is 0 Å². The third kappa shape index (κ3) is 2.74. The first-order chi connectivity index (χ1) is 7.63. The molecule has 1 aromatic carbocycles. The smallest absolute Gasteiger partial charge is 0.177 e. The number of hydrogen-bond acceptors (Lipinski definition) is 4. The van der Waals surface area contributed by atoms with Crippen LogP contribution in [0.4, 0.5) is 0 Å². The Morgan fingerprint density at radius 2 is 2.19 bits per heavy atom. The number of phenols is 1. The van der Waals surface area contributed by atoms with Gasteiger partial charge >= 0.3 is 0 Å². The monoisotopic (exact) mass is 288 g/mol. The largest absolute Gasteiger partial charge is 0.507 e. The van der Waals surface area contributed by atoms with Crippen LogP contribution in [0.3, 0.4) is 0 Å². The summed E-state index contributed by atoms with van der Waals surface area (Å²) in [4.78, 5) is 11.5. The fourth-order valence-corrected chi connectivity index (χ4v) is 1.71. The van der Waals surface area contributed by atoms with Crippen LogP contribution < -0.4 is 4.74 Å². The molecule has 16 heavy (non-hydrogen) atoms. The van der Waals surface area contributed by atoms with Crippen molar-refractivity contribution in [2.45, 2.75) is 6.42 Å². The van der Waals surface area contributed by atoms with E-state index in [1.807, 2.05) is 0 Å². The summed E-state index contributed by atoms with van der Waals surface area (Å²) in [5.41, 5.74) is 0.893. The second-order valence-corrected chi connectivity index (χ2v) is 3.77. The summed E-state index contributed by atoms with van der Waals surface area (Å²) in [6.45, 7) is -0.0401. The number of aliphatic hydroxyl groups excluding tert-OH is 1. The van der Waals surface area contributed by atoms with Gasteiger partial charge in [-0.25, -0.2) is 0 Å². The highest BCUT2D eigenvalue weighted by Crippen LogP contribution is 2.29. The maximum absolute atomic E-state index is 11.5. The van der Waals surface area contributed by atoms with Crippen LogP contribution in [0.15, 0.2) is 12.1 Å². The summed E-state index contributed by atoms with van der Waals surface area (Å²) < 4.78 is 5.10. The van der Waals surface area contributed by atoms with E-state index in [9.17, 15) is 9.90 Å². The van der Waals surface area contributed by atoms with Crippen molar-refractivity contribution in [1.82, 2.24) is 0 Å². The molecular weight excluding hydrogens is 276 g/mol. The average molecular weight is 289 g/mol. The summed E-state index contributed by atoms with van der Waals surface area (Å²) in [5, 5.41) is 18.6. The third-order valence-corrected chi connectivity index (χ3v) is 2.71. The van der Waals surface area contributed by atoms with Crippen LogP contribution >= 0.6 is 15.9 Å². The van der Waals surface area contributed by atoms with Crippen LogP contribution in [0.2, 0.25) is 0 Å². The molecule has 0 fully saturated rings. The Kier molecular flexibility index (Phi) is 4.76. The van der Waals surface area contributed by atoms with Crippen molar-refractivity contribution in [3.05, 3.63) is 23.3 Å². The quantitative estimate of drug-likeness (QED) is 0.637. The molecular formula is C11H13BrO4. The molecule has 0 aliphatic carbocycles. The van der Waals surface area contributed by atoms with Gasteiger partial charge in [0.05, 0.1) is 18.0 Å². The molecule has 0 amide bonds. The number of hydrogen-bond donors (Lipinski definition) is 2. The van der Waals surface area contributed by atoms with E-state index in [0.29, 0.717) is 17.7 Å². The molecule has 0 saturated carbocycles. The molecule has 0 aliphatic heterocycles.